The predicted molar refractivity (Wildman–Crippen MR) is 62.4 cm³/mol. The quantitative estimate of drug-likeness (QED) is 0.806. The maximum Gasteiger partial charge on any atom is 0.305 e. The molecule has 1 atom stereocenters. The average molecular weight is 243 g/mol. The summed E-state index contributed by atoms with van der Waals surface area (Å²) in [5.41, 5.74) is 0. The molecule has 0 aromatic rings. The maximum atomic E-state index is 12.0. The van der Waals surface area contributed by atoms with Gasteiger partial charge in [-0.2, -0.15) is 11.8 Å². The maximum absolute atomic E-state index is 12.0. The van der Waals surface area contributed by atoms with Crippen LogP contribution in [0.3, 0.4) is 0 Å². The van der Waals surface area contributed by atoms with Gasteiger partial charge in [-0.3, -0.25) is 9.59 Å². The third-order valence-electron chi connectivity index (χ3n) is 3.12. The zero-order valence-corrected chi connectivity index (χ0v) is 10.0. The molecule has 0 spiro atoms. The molecule has 1 saturated carbocycles. The van der Waals surface area contributed by atoms with Crippen molar-refractivity contribution in [3.8, 4) is 0 Å². The molecular formula is C11H17NO3S. The van der Waals surface area contributed by atoms with Crippen LogP contribution in [-0.4, -0.2) is 46.0 Å². The Labute approximate surface area is 99.4 Å². The van der Waals surface area contributed by atoms with Crippen molar-refractivity contribution in [1.82, 2.24) is 4.90 Å². The summed E-state index contributed by atoms with van der Waals surface area (Å²) in [6, 6.07) is -0.0949. The first-order valence-electron chi connectivity index (χ1n) is 5.76. The first-order chi connectivity index (χ1) is 7.66. The number of hydrogen-bond acceptors (Lipinski definition) is 3. The van der Waals surface area contributed by atoms with Gasteiger partial charge in [0.15, 0.2) is 0 Å². The summed E-state index contributed by atoms with van der Waals surface area (Å²) in [4.78, 5) is 24.5. The number of carbonyl (C=O) groups is 2. The molecule has 1 aliphatic heterocycles. The van der Waals surface area contributed by atoms with Gasteiger partial charge >= 0.3 is 5.97 Å². The highest BCUT2D eigenvalue weighted by molar-refractivity contribution is 7.99. The van der Waals surface area contributed by atoms with Crippen molar-refractivity contribution < 1.29 is 14.7 Å². The summed E-state index contributed by atoms with van der Waals surface area (Å²) >= 11 is 1.74. The molecule has 1 aliphatic carbocycles. The van der Waals surface area contributed by atoms with Crippen molar-refractivity contribution in [3.63, 3.8) is 0 Å². The van der Waals surface area contributed by atoms with E-state index in [1.807, 2.05) is 0 Å². The van der Waals surface area contributed by atoms with E-state index in [4.69, 9.17) is 5.11 Å². The zero-order valence-electron chi connectivity index (χ0n) is 9.22. The monoisotopic (exact) mass is 243 g/mol. The molecule has 1 amide bonds. The van der Waals surface area contributed by atoms with Gasteiger partial charge in [0.05, 0.1) is 12.5 Å². The van der Waals surface area contributed by atoms with Crippen LogP contribution in [0.5, 0.6) is 0 Å². The lowest BCUT2D eigenvalue weighted by atomic mass is 10.1. The lowest BCUT2D eigenvalue weighted by molar-refractivity contribution is -0.140. The lowest BCUT2D eigenvalue weighted by Crippen LogP contribution is -2.47. The number of aliphatic carboxylic acids is 1. The second kappa shape index (κ2) is 5.08. The van der Waals surface area contributed by atoms with E-state index in [2.05, 4.69) is 0 Å². The van der Waals surface area contributed by atoms with Crippen molar-refractivity contribution in [2.45, 2.75) is 31.7 Å². The fraction of sp³-hybridized carbons (Fsp3) is 0.818. The van der Waals surface area contributed by atoms with Crippen LogP contribution in [0.2, 0.25) is 0 Å². The summed E-state index contributed by atoms with van der Waals surface area (Å²) in [6.07, 6.45) is 3.04. The Morgan fingerprint density at radius 2 is 2.06 bits per heavy atom. The minimum absolute atomic E-state index is 0.0867. The topological polar surface area (TPSA) is 57.6 Å². The molecule has 1 N–H and O–H groups in total. The Kier molecular flexibility index (Phi) is 3.74. The zero-order chi connectivity index (χ0) is 11.5. The van der Waals surface area contributed by atoms with Crippen LogP contribution in [0.15, 0.2) is 0 Å². The number of hydrogen-bond donors (Lipinski definition) is 1. The molecule has 2 aliphatic rings. The predicted octanol–water partition coefficient (Wildman–Crippen LogP) is 1.21. The summed E-state index contributed by atoms with van der Waals surface area (Å²) in [5, 5.41) is 8.81. The Morgan fingerprint density at radius 1 is 1.31 bits per heavy atom. The van der Waals surface area contributed by atoms with Gasteiger partial charge in [0, 0.05) is 24.5 Å². The highest BCUT2D eigenvalue weighted by Crippen LogP contribution is 2.33. The minimum atomic E-state index is -0.809. The number of rotatable bonds is 4. The number of amides is 1. The molecule has 4 nitrogen and oxygen atoms in total. The van der Waals surface area contributed by atoms with E-state index in [1.54, 1.807) is 16.7 Å². The summed E-state index contributed by atoms with van der Waals surface area (Å²) in [5.74, 6) is 1.63. The van der Waals surface area contributed by atoms with E-state index < -0.39 is 5.97 Å². The first kappa shape index (κ1) is 11.8. The first-order valence-corrected chi connectivity index (χ1v) is 6.91. The van der Waals surface area contributed by atoms with Gasteiger partial charge in [0.25, 0.3) is 0 Å². The van der Waals surface area contributed by atoms with Crippen LogP contribution in [-0.2, 0) is 9.59 Å². The number of carboxylic acids is 1. The fourth-order valence-electron chi connectivity index (χ4n) is 2.04. The van der Waals surface area contributed by atoms with Crippen LogP contribution in [0.25, 0.3) is 0 Å². The summed E-state index contributed by atoms with van der Waals surface area (Å²) < 4.78 is 0. The van der Waals surface area contributed by atoms with Gasteiger partial charge < -0.3 is 10.0 Å². The SMILES string of the molecule is O=C(O)CC1CSCCN1C(=O)CC1CC1. The van der Waals surface area contributed by atoms with Crippen molar-refractivity contribution in [2.75, 3.05) is 18.1 Å². The average Bonchev–Trinajstić information content (AvgIpc) is 3.01. The van der Waals surface area contributed by atoms with Crippen LogP contribution in [0.4, 0.5) is 0 Å². The Balaban J connectivity index is 1.91. The number of thioether (sulfide) groups is 1. The number of carboxylic acid groups (broad SMARTS) is 1. The molecule has 1 heterocycles. The molecule has 16 heavy (non-hydrogen) atoms. The molecular weight excluding hydrogens is 226 g/mol. The van der Waals surface area contributed by atoms with Crippen molar-refractivity contribution in [2.24, 2.45) is 5.92 Å². The second-order valence-corrected chi connectivity index (χ2v) is 5.71. The third-order valence-corrected chi connectivity index (χ3v) is 4.21. The van der Waals surface area contributed by atoms with Gasteiger partial charge in [-0.15, -0.1) is 0 Å². The molecule has 2 fully saturated rings. The van der Waals surface area contributed by atoms with Gasteiger partial charge in [0.2, 0.25) is 5.91 Å². The second-order valence-electron chi connectivity index (χ2n) is 4.56. The van der Waals surface area contributed by atoms with E-state index in [-0.39, 0.29) is 18.4 Å². The fourth-order valence-corrected chi connectivity index (χ4v) is 3.10. The molecule has 5 heteroatoms. The smallest absolute Gasteiger partial charge is 0.305 e. The van der Waals surface area contributed by atoms with E-state index >= 15 is 0 Å². The highest BCUT2D eigenvalue weighted by Gasteiger charge is 2.32. The van der Waals surface area contributed by atoms with Crippen LogP contribution >= 0.6 is 11.8 Å². The van der Waals surface area contributed by atoms with E-state index in [9.17, 15) is 9.59 Å². The van der Waals surface area contributed by atoms with Gasteiger partial charge in [-0.25, -0.2) is 0 Å². The molecule has 1 unspecified atom stereocenters. The number of carbonyl (C=O) groups excluding carboxylic acids is 1. The third kappa shape index (κ3) is 3.14. The largest absolute Gasteiger partial charge is 0.481 e. The molecule has 1 saturated heterocycles. The standard InChI is InChI=1S/C11H17NO3S/c13-10(5-8-1-2-8)12-3-4-16-7-9(12)6-11(14)15/h8-9H,1-7H2,(H,14,15). The van der Waals surface area contributed by atoms with E-state index in [1.165, 1.54) is 0 Å². The highest BCUT2D eigenvalue weighted by atomic mass is 32.2. The molecule has 0 aromatic carbocycles. The van der Waals surface area contributed by atoms with Crippen molar-refractivity contribution in [3.05, 3.63) is 0 Å². The van der Waals surface area contributed by atoms with Crippen molar-refractivity contribution in [1.29, 1.82) is 0 Å². The van der Waals surface area contributed by atoms with Crippen LogP contribution in [0, 0.1) is 5.92 Å². The molecule has 0 aromatic heterocycles. The lowest BCUT2D eigenvalue weighted by Gasteiger charge is -2.34. The molecule has 90 valence electrons. The van der Waals surface area contributed by atoms with Crippen LogP contribution in [0.1, 0.15) is 25.7 Å². The molecule has 0 bridgehead atoms. The van der Waals surface area contributed by atoms with E-state index in [0.717, 1.165) is 24.3 Å². The van der Waals surface area contributed by atoms with Gasteiger partial charge in [-0.05, 0) is 18.8 Å². The normalized spacial score (nSPS) is 25.5. The molecule has 2 rings (SSSR count). The van der Waals surface area contributed by atoms with Gasteiger partial charge in [-0.1, -0.05) is 0 Å². The minimum Gasteiger partial charge on any atom is -0.481 e. The summed E-state index contributed by atoms with van der Waals surface area (Å²) in [7, 11) is 0. The Bertz CT molecular complexity index is 291. The number of nitrogens with zero attached hydrogens (tertiary/aromatic N) is 1. The summed E-state index contributed by atoms with van der Waals surface area (Å²) in [6.45, 7) is 0.716. The van der Waals surface area contributed by atoms with Gasteiger partial charge in [0.1, 0.15) is 0 Å². The Morgan fingerprint density at radius 3 is 2.69 bits per heavy atom. The van der Waals surface area contributed by atoms with Crippen molar-refractivity contribution >= 4 is 23.6 Å². The Hall–Kier alpha value is -0.710. The molecule has 0 radical (unpaired) electrons. The van der Waals surface area contributed by atoms with Crippen LogP contribution < -0.4 is 0 Å². The van der Waals surface area contributed by atoms with E-state index in [0.29, 0.717) is 18.9 Å².